The molecule has 1 aliphatic rings. The van der Waals surface area contributed by atoms with Gasteiger partial charge in [-0.3, -0.25) is 4.79 Å². The van der Waals surface area contributed by atoms with Crippen LogP contribution in [-0.2, 0) is 0 Å². The van der Waals surface area contributed by atoms with Crippen LogP contribution in [0.2, 0.25) is 0 Å². The Bertz CT molecular complexity index is 619. The number of aromatic nitrogens is 1. The number of nitrogens with one attached hydrogen (secondary N) is 1. The highest BCUT2D eigenvalue weighted by atomic mass is 16.2. The van der Waals surface area contributed by atoms with E-state index in [1.54, 1.807) is 0 Å². The molecule has 0 radical (unpaired) electrons. The number of rotatable bonds is 3. The summed E-state index contributed by atoms with van der Waals surface area (Å²) in [6.07, 6.45) is 3.07. The third-order valence-electron chi connectivity index (χ3n) is 4.19. The number of likely N-dealkylation sites (tertiary alicyclic amines) is 1. The van der Waals surface area contributed by atoms with E-state index in [0.717, 1.165) is 36.1 Å². The average Bonchev–Trinajstić information content (AvgIpc) is 3.06. The lowest BCUT2D eigenvalue weighted by Gasteiger charge is -2.21. The van der Waals surface area contributed by atoms with Crippen LogP contribution >= 0.6 is 0 Å². The number of benzene rings is 1. The summed E-state index contributed by atoms with van der Waals surface area (Å²) in [5, 5.41) is 1.01. The minimum atomic E-state index is 0.116. The maximum atomic E-state index is 12.6. The van der Waals surface area contributed by atoms with Crippen LogP contribution in [-0.4, -0.2) is 54.4 Å². The predicted octanol–water partition coefficient (Wildman–Crippen LogP) is 2.19. The number of carbonyl (C=O) groups excluding carboxylic acids is 1. The molecule has 1 fully saturated rings. The van der Waals surface area contributed by atoms with Crippen molar-refractivity contribution in [3.05, 3.63) is 36.0 Å². The number of aromatic amines is 1. The van der Waals surface area contributed by atoms with Crippen LogP contribution in [0, 0.1) is 5.92 Å². The number of nitrogens with zero attached hydrogens (tertiary/aromatic N) is 2. The third-order valence-corrected chi connectivity index (χ3v) is 4.19. The second-order valence-electron chi connectivity index (χ2n) is 5.85. The van der Waals surface area contributed by atoms with Crippen LogP contribution in [0.5, 0.6) is 0 Å². The number of fused-ring (bicyclic) bond motifs is 1. The monoisotopic (exact) mass is 271 g/mol. The topological polar surface area (TPSA) is 39.3 Å². The molecule has 0 bridgehead atoms. The lowest BCUT2D eigenvalue weighted by Crippen LogP contribution is -2.32. The standard InChI is InChI=1S/C16H21N3O/c1-18-9-7-12(10-18)11-19(2)16(20)14-4-3-5-15-13(14)6-8-17-15/h3-6,8,12,17H,7,9-11H2,1-2H3. The van der Waals surface area contributed by atoms with E-state index >= 15 is 0 Å². The zero-order valence-corrected chi connectivity index (χ0v) is 12.1. The van der Waals surface area contributed by atoms with Gasteiger partial charge < -0.3 is 14.8 Å². The quantitative estimate of drug-likeness (QED) is 0.929. The summed E-state index contributed by atoms with van der Waals surface area (Å²) in [7, 11) is 4.05. The van der Waals surface area contributed by atoms with Crippen molar-refractivity contribution in [2.45, 2.75) is 6.42 Å². The third kappa shape index (κ3) is 2.43. The molecule has 1 aromatic carbocycles. The normalized spacial score (nSPS) is 19.6. The predicted molar refractivity (Wildman–Crippen MR) is 80.9 cm³/mol. The van der Waals surface area contributed by atoms with Gasteiger partial charge >= 0.3 is 0 Å². The lowest BCUT2D eigenvalue weighted by molar-refractivity contribution is 0.0776. The highest BCUT2D eigenvalue weighted by molar-refractivity contribution is 6.06. The van der Waals surface area contributed by atoms with Gasteiger partial charge in [0.15, 0.2) is 0 Å². The first-order valence-corrected chi connectivity index (χ1v) is 7.15. The van der Waals surface area contributed by atoms with Crippen molar-refractivity contribution in [3.63, 3.8) is 0 Å². The maximum absolute atomic E-state index is 12.6. The molecule has 1 amide bonds. The van der Waals surface area contributed by atoms with Gasteiger partial charge in [-0.1, -0.05) is 6.07 Å². The number of hydrogen-bond acceptors (Lipinski definition) is 2. The molecule has 1 N–H and O–H groups in total. The largest absolute Gasteiger partial charge is 0.361 e. The van der Waals surface area contributed by atoms with Gasteiger partial charge in [0, 0.05) is 42.8 Å². The van der Waals surface area contributed by atoms with Gasteiger partial charge in [-0.25, -0.2) is 0 Å². The molecule has 1 aliphatic heterocycles. The van der Waals surface area contributed by atoms with E-state index in [1.165, 1.54) is 6.42 Å². The Morgan fingerprint density at radius 3 is 3.05 bits per heavy atom. The van der Waals surface area contributed by atoms with Gasteiger partial charge in [0.25, 0.3) is 5.91 Å². The average molecular weight is 271 g/mol. The molecule has 1 saturated heterocycles. The van der Waals surface area contributed by atoms with Crippen LogP contribution in [0.4, 0.5) is 0 Å². The Morgan fingerprint density at radius 1 is 1.45 bits per heavy atom. The summed E-state index contributed by atoms with van der Waals surface area (Å²) in [4.78, 5) is 20.0. The lowest BCUT2D eigenvalue weighted by atomic mass is 10.1. The summed E-state index contributed by atoms with van der Waals surface area (Å²) >= 11 is 0. The summed E-state index contributed by atoms with van der Waals surface area (Å²) in [5.74, 6) is 0.712. The molecule has 3 rings (SSSR count). The molecule has 4 heteroatoms. The SMILES string of the molecule is CN1CCC(CN(C)C(=O)c2cccc3[nH]ccc23)C1. The van der Waals surface area contributed by atoms with Crippen LogP contribution in [0.25, 0.3) is 10.9 Å². The van der Waals surface area contributed by atoms with Crippen molar-refractivity contribution >= 4 is 16.8 Å². The summed E-state index contributed by atoms with van der Waals surface area (Å²) < 4.78 is 0. The first kappa shape index (κ1) is 13.2. The van der Waals surface area contributed by atoms with Crippen molar-refractivity contribution < 1.29 is 4.79 Å². The van der Waals surface area contributed by atoms with Gasteiger partial charge in [-0.15, -0.1) is 0 Å². The number of hydrogen-bond donors (Lipinski definition) is 1. The maximum Gasteiger partial charge on any atom is 0.254 e. The molecule has 2 heterocycles. The Morgan fingerprint density at radius 2 is 2.30 bits per heavy atom. The molecule has 1 unspecified atom stereocenters. The van der Waals surface area contributed by atoms with Gasteiger partial charge in [-0.05, 0) is 44.1 Å². The smallest absolute Gasteiger partial charge is 0.254 e. The van der Waals surface area contributed by atoms with Crippen molar-refractivity contribution in [2.24, 2.45) is 5.92 Å². The minimum absolute atomic E-state index is 0.116. The highest BCUT2D eigenvalue weighted by Crippen LogP contribution is 2.20. The van der Waals surface area contributed by atoms with Crippen molar-refractivity contribution in [2.75, 3.05) is 33.7 Å². The Hall–Kier alpha value is -1.81. The molecule has 106 valence electrons. The summed E-state index contributed by atoms with van der Waals surface area (Å²) in [6, 6.07) is 7.82. The van der Waals surface area contributed by atoms with E-state index < -0.39 is 0 Å². The van der Waals surface area contributed by atoms with Crippen molar-refractivity contribution in [3.8, 4) is 0 Å². The van der Waals surface area contributed by atoms with Crippen LogP contribution in [0.1, 0.15) is 16.8 Å². The first-order valence-electron chi connectivity index (χ1n) is 7.15. The fourth-order valence-corrected chi connectivity index (χ4v) is 3.12. The number of carbonyl (C=O) groups is 1. The van der Waals surface area contributed by atoms with Gasteiger partial charge in [0.2, 0.25) is 0 Å². The highest BCUT2D eigenvalue weighted by Gasteiger charge is 2.23. The van der Waals surface area contributed by atoms with Gasteiger partial charge in [0.05, 0.1) is 0 Å². The molecule has 0 aliphatic carbocycles. The first-order chi connectivity index (χ1) is 9.65. The molecule has 0 saturated carbocycles. The molecular formula is C16H21N3O. The van der Waals surface area contributed by atoms with E-state index in [1.807, 2.05) is 42.4 Å². The Kier molecular flexibility index (Phi) is 3.49. The second kappa shape index (κ2) is 5.29. The molecule has 2 aromatic rings. The molecule has 1 aromatic heterocycles. The van der Waals surface area contributed by atoms with E-state index in [-0.39, 0.29) is 5.91 Å². The zero-order valence-electron chi connectivity index (χ0n) is 12.1. The molecule has 4 nitrogen and oxygen atoms in total. The van der Waals surface area contributed by atoms with Crippen LogP contribution in [0.15, 0.2) is 30.5 Å². The van der Waals surface area contributed by atoms with Crippen LogP contribution in [0.3, 0.4) is 0 Å². The van der Waals surface area contributed by atoms with Crippen molar-refractivity contribution in [1.82, 2.24) is 14.8 Å². The zero-order chi connectivity index (χ0) is 14.1. The minimum Gasteiger partial charge on any atom is -0.361 e. The molecule has 0 spiro atoms. The van der Waals surface area contributed by atoms with E-state index in [2.05, 4.69) is 16.9 Å². The fourth-order valence-electron chi connectivity index (χ4n) is 3.12. The summed E-state index contributed by atoms with van der Waals surface area (Å²) in [5.41, 5.74) is 1.81. The molecular weight excluding hydrogens is 250 g/mol. The number of amides is 1. The summed E-state index contributed by atoms with van der Waals surface area (Å²) in [6.45, 7) is 3.07. The van der Waals surface area contributed by atoms with Gasteiger partial charge in [-0.2, -0.15) is 0 Å². The number of H-pyrrole nitrogens is 1. The van der Waals surface area contributed by atoms with Crippen molar-refractivity contribution in [1.29, 1.82) is 0 Å². The fraction of sp³-hybridized carbons (Fsp3) is 0.438. The molecule has 1 atom stereocenters. The second-order valence-corrected chi connectivity index (χ2v) is 5.85. The van der Waals surface area contributed by atoms with E-state index in [4.69, 9.17) is 0 Å². The van der Waals surface area contributed by atoms with E-state index in [9.17, 15) is 4.79 Å². The van der Waals surface area contributed by atoms with Crippen LogP contribution < -0.4 is 0 Å². The van der Waals surface area contributed by atoms with Gasteiger partial charge in [0.1, 0.15) is 0 Å². The van der Waals surface area contributed by atoms with E-state index in [0.29, 0.717) is 5.92 Å². The molecule has 20 heavy (non-hydrogen) atoms. The Labute approximate surface area is 119 Å². The Balaban J connectivity index is 1.76.